The minimum atomic E-state index is -1.21. The van der Waals surface area contributed by atoms with Gasteiger partial charge in [0.2, 0.25) is 5.91 Å². The van der Waals surface area contributed by atoms with E-state index in [1.165, 1.54) is 22.7 Å². The number of hydrogen-bond acceptors (Lipinski definition) is 6. The molecule has 0 spiro atoms. The highest BCUT2D eigenvalue weighted by molar-refractivity contribution is 8.00. The van der Waals surface area contributed by atoms with Crippen molar-refractivity contribution in [2.45, 2.75) is 18.3 Å². The Kier molecular flexibility index (Phi) is 4.15. The predicted molar refractivity (Wildman–Crippen MR) is 71.5 cm³/mol. The maximum absolute atomic E-state index is 11.7. The Hall–Kier alpha value is -1.80. The van der Waals surface area contributed by atoms with Crippen LogP contribution in [0.4, 0.5) is 0 Å². The number of amides is 1. The minimum Gasteiger partial charge on any atom is -0.477 e. The number of rotatable bonds is 4. The molecule has 0 aliphatic carbocycles. The van der Waals surface area contributed by atoms with Crippen LogP contribution >= 0.6 is 11.8 Å². The Morgan fingerprint density at radius 3 is 2.90 bits per heavy atom. The summed E-state index contributed by atoms with van der Waals surface area (Å²) in [5.74, 6) is -1.80. The lowest BCUT2D eigenvalue weighted by Crippen LogP contribution is -2.68. The molecule has 20 heavy (non-hydrogen) atoms. The average Bonchev–Trinajstić information content (AvgIpc) is 2.43. The van der Waals surface area contributed by atoms with Gasteiger partial charge in [-0.2, -0.15) is 0 Å². The van der Waals surface area contributed by atoms with Crippen LogP contribution in [0.5, 0.6) is 0 Å². The first kappa shape index (κ1) is 14.6. The first-order valence-electron chi connectivity index (χ1n) is 5.99. The molecule has 0 aromatic carbocycles. The van der Waals surface area contributed by atoms with E-state index in [-0.39, 0.29) is 17.7 Å². The molecule has 2 rings (SSSR count). The van der Waals surface area contributed by atoms with Gasteiger partial charge >= 0.3 is 11.9 Å². The molecular weight excluding hydrogens is 284 g/mol. The number of β-lactam (4-membered cyclic amide) rings is 1. The van der Waals surface area contributed by atoms with Crippen molar-refractivity contribution in [3.05, 3.63) is 23.4 Å². The van der Waals surface area contributed by atoms with Crippen molar-refractivity contribution < 1.29 is 24.2 Å². The van der Waals surface area contributed by atoms with Crippen LogP contribution in [0.25, 0.3) is 0 Å². The van der Waals surface area contributed by atoms with Crippen molar-refractivity contribution in [2.24, 2.45) is 5.73 Å². The van der Waals surface area contributed by atoms with Crippen LogP contribution < -0.4 is 5.73 Å². The number of hydrogen-bond donors (Lipinski definition) is 2. The molecule has 0 saturated carbocycles. The first-order valence-corrected chi connectivity index (χ1v) is 7.03. The summed E-state index contributed by atoms with van der Waals surface area (Å²) in [6.07, 6.45) is 2.54. The molecule has 2 atom stereocenters. The van der Waals surface area contributed by atoms with Crippen LogP contribution in [-0.2, 0) is 19.1 Å². The van der Waals surface area contributed by atoms with Gasteiger partial charge in [0, 0.05) is 11.8 Å². The van der Waals surface area contributed by atoms with Crippen LogP contribution in [0.15, 0.2) is 23.4 Å². The van der Waals surface area contributed by atoms with Crippen molar-refractivity contribution in [1.29, 1.82) is 0 Å². The zero-order chi connectivity index (χ0) is 14.9. The predicted octanol–water partition coefficient (Wildman–Crippen LogP) is -0.313. The molecule has 8 heteroatoms. The summed E-state index contributed by atoms with van der Waals surface area (Å²) < 4.78 is 4.73. The second-order valence-corrected chi connectivity index (χ2v) is 5.30. The Morgan fingerprint density at radius 1 is 1.60 bits per heavy atom. The molecule has 0 aromatic rings. The van der Waals surface area contributed by atoms with Crippen LogP contribution in [0, 0.1) is 0 Å². The largest absolute Gasteiger partial charge is 0.477 e. The molecule has 1 fully saturated rings. The van der Waals surface area contributed by atoms with Crippen LogP contribution in [0.1, 0.15) is 6.92 Å². The van der Waals surface area contributed by atoms with Gasteiger partial charge in [-0.05, 0) is 18.6 Å². The summed E-state index contributed by atoms with van der Waals surface area (Å²) in [6.45, 7) is 1.92. The number of fused-ring (bicyclic) bond motifs is 1. The Bertz CT molecular complexity index is 528. The second kappa shape index (κ2) is 5.68. The van der Waals surface area contributed by atoms with Gasteiger partial charge in [-0.1, -0.05) is 0 Å². The molecule has 2 aliphatic rings. The molecule has 0 aromatic heterocycles. The lowest BCUT2D eigenvalue weighted by Gasteiger charge is -2.47. The summed E-state index contributed by atoms with van der Waals surface area (Å²) in [4.78, 5) is 35.4. The van der Waals surface area contributed by atoms with E-state index in [1.807, 2.05) is 0 Å². The SMILES string of the molecule is CCOC(=O)/C=C/C1=C(C(=O)O)N2C(=O)C(N)[C@@H]2SC1. The molecule has 7 nitrogen and oxygen atoms in total. The van der Waals surface area contributed by atoms with Gasteiger partial charge in [-0.3, -0.25) is 9.69 Å². The van der Waals surface area contributed by atoms with Gasteiger partial charge in [0.25, 0.3) is 0 Å². The molecule has 0 radical (unpaired) electrons. The number of carbonyl (C=O) groups excluding carboxylic acids is 2. The monoisotopic (exact) mass is 298 g/mol. The summed E-state index contributed by atoms with van der Waals surface area (Å²) in [5.41, 5.74) is 5.91. The highest BCUT2D eigenvalue weighted by Crippen LogP contribution is 2.39. The number of esters is 1. The van der Waals surface area contributed by atoms with E-state index < -0.39 is 23.9 Å². The number of allylic oxidation sites excluding steroid dienone is 1. The molecule has 2 aliphatic heterocycles. The minimum absolute atomic E-state index is 0.110. The Morgan fingerprint density at radius 2 is 2.30 bits per heavy atom. The fraction of sp³-hybridized carbons (Fsp3) is 0.417. The Balaban J connectivity index is 2.27. The summed E-state index contributed by atoms with van der Waals surface area (Å²) in [7, 11) is 0. The van der Waals surface area contributed by atoms with E-state index >= 15 is 0 Å². The van der Waals surface area contributed by atoms with Gasteiger partial charge in [0.15, 0.2) is 0 Å². The van der Waals surface area contributed by atoms with Gasteiger partial charge in [-0.15, -0.1) is 11.8 Å². The standard InChI is InChI=1S/C12H14N2O5S/c1-2-19-7(15)4-3-6-5-20-11-8(13)10(16)14(11)9(6)12(17)18/h3-4,8,11H,2,5,13H2,1H3,(H,17,18)/b4-3+/t8?,11-/m0/s1. The van der Waals surface area contributed by atoms with Crippen molar-refractivity contribution in [2.75, 3.05) is 12.4 Å². The van der Waals surface area contributed by atoms with E-state index in [0.717, 1.165) is 6.08 Å². The molecular formula is C12H14N2O5S. The fourth-order valence-corrected chi connectivity index (χ4v) is 3.29. The molecule has 2 heterocycles. The topological polar surface area (TPSA) is 110 Å². The van der Waals surface area contributed by atoms with Gasteiger partial charge in [0.05, 0.1) is 6.61 Å². The maximum Gasteiger partial charge on any atom is 0.352 e. The normalized spacial score (nSPS) is 25.5. The van der Waals surface area contributed by atoms with Crippen LogP contribution in [0.3, 0.4) is 0 Å². The van der Waals surface area contributed by atoms with E-state index in [0.29, 0.717) is 11.3 Å². The summed E-state index contributed by atoms with van der Waals surface area (Å²) in [6, 6.07) is -0.662. The molecule has 1 amide bonds. The number of nitrogens with two attached hydrogens (primary N) is 1. The van der Waals surface area contributed by atoms with E-state index in [1.54, 1.807) is 6.92 Å². The number of carboxylic acids is 1. The number of carbonyl (C=O) groups is 3. The zero-order valence-corrected chi connectivity index (χ0v) is 11.6. The molecule has 3 N–H and O–H groups in total. The zero-order valence-electron chi connectivity index (χ0n) is 10.7. The van der Waals surface area contributed by atoms with Gasteiger partial charge < -0.3 is 15.6 Å². The van der Waals surface area contributed by atoms with Gasteiger partial charge in [0.1, 0.15) is 17.1 Å². The lowest BCUT2D eigenvalue weighted by atomic mass is 10.0. The highest BCUT2D eigenvalue weighted by atomic mass is 32.2. The second-order valence-electron chi connectivity index (χ2n) is 4.20. The molecule has 108 valence electrons. The third-order valence-electron chi connectivity index (χ3n) is 2.95. The van der Waals surface area contributed by atoms with Crippen molar-refractivity contribution in [3.8, 4) is 0 Å². The number of nitrogens with zero attached hydrogens (tertiary/aromatic N) is 1. The smallest absolute Gasteiger partial charge is 0.352 e. The number of carboxylic acid groups (broad SMARTS) is 1. The number of thioether (sulfide) groups is 1. The van der Waals surface area contributed by atoms with E-state index in [4.69, 9.17) is 10.5 Å². The molecule has 1 unspecified atom stereocenters. The maximum atomic E-state index is 11.7. The number of ether oxygens (including phenoxy) is 1. The van der Waals surface area contributed by atoms with Crippen LogP contribution in [0.2, 0.25) is 0 Å². The van der Waals surface area contributed by atoms with E-state index in [9.17, 15) is 19.5 Å². The third-order valence-corrected chi connectivity index (χ3v) is 4.27. The Labute approximate surface area is 119 Å². The summed E-state index contributed by atoms with van der Waals surface area (Å²) in [5, 5.41) is 8.91. The third kappa shape index (κ3) is 2.44. The van der Waals surface area contributed by atoms with E-state index in [2.05, 4.69) is 0 Å². The van der Waals surface area contributed by atoms with Crippen molar-refractivity contribution >= 4 is 29.6 Å². The number of aliphatic carboxylic acids is 1. The van der Waals surface area contributed by atoms with Crippen molar-refractivity contribution in [3.63, 3.8) is 0 Å². The van der Waals surface area contributed by atoms with Gasteiger partial charge in [-0.25, -0.2) is 9.59 Å². The fourth-order valence-electron chi connectivity index (χ4n) is 2.03. The average molecular weight is 298 g/mol. The lowest BCUT2D eigenvalue weighted by molar-refractivity contribution is -0.147. The highest BCUT2D eigenvalue weighted by Gasteiger charge is 2.51. The van der Waals surface area contributed by atoms with Crippen LogP contribution in [-0.4, -0.2) is 51.6 Å². The molecule has 1 saturated heterocycles. The quantitative estimate of drug-likeness (QED) is 0.416. The molecule has 0 bridgehead atoms. The summed E-state index contributed by atoms with van der Waals surface area (Å²) >= 11 is 1.37. The van der Waals surface area contributed by atoms with Crippen molar-refractivity contribution in [1.82, 2.24) is 4.90 Å². The first-order chi connectivity index (χ1) is 9.47.